The lowest BCUT2D eigenvalue weighted by molar-refractivity contribution is -0.116. The Hall–Kier alpha value is -2.28. The van der Waals surface area contributed by atoms with Crippen molar-refractivity contribution in [3.63, 3.8) is 0 Å². The van der Waals surface area contributed by atoms with E-state index in [9.17, 15) is 9.59 Å². The van der Waals surface area contributed by atoms with Crippen molar-refractivity contribution >= 4 is 17.5 Å². The predicted molar refractivity (Wildman–Crippen MR) is 96.2 cm³/mol. The fourth-order valence-corrected chi connectivity index (χ4v) is 2.82. The zero-order chi connectivity index (χ0) is 18.4. The van der Waals surface area contributed by atoms with Crippen molar-refractivity contribution in [2.45, 2.75) is 38.6 Å². The number of methoxy groups -OCH3 is 2. The summed E-state index contributed by atoms with van der Waals surface area (Å²) in [5.74, 6) is 0.627. The quantitative estimate of drug-likeness (QED) is 0.785. The van der Waals surface area contributed by atoms with E-state index in [1.54, 1.807) is 17.0 Å². The number of hydrogen-bond acceptors (Lipinski definition) is 5. The Bertz CT molecular complexity index is 625. The van der Waals surface area contributed by atoms with Crippen LogP contribution in [-0.2, 0) is 4.79 Å². The van der Waals surface area contributed by atoms with Gasteiger partial charge in [0.25, 0.3) is 5.91 Å². The largest absolute Gasteiger partial charge is 0.493 e. The Kier molecular flexibility index (Phi) is 6.64. The van der Waals surface area contributed by atoms with Gasteiger partial charge in [-0.2, -0.15) is 0 Å². The molecule has 0 bridgehead atoms. The van der Waals surface area contributed by atoms with Gasteiger partial charge in [-0.25, -0.2) is 0 Å². The van der Waals surface area contributed by atoms with Crippen molar-refractivity contribution in [1.29, 1.82) is 0 Å². The van der Waals surface area contributed by atoms with Gasteiger partial charge in [-0.3, -0.25) is 9.59 Å². The van der Waals surface area contributed by atoms with Crippen LogP contribution in [-0.4, -0.2) is 50.1 Å². The Morgan fingerprint density at radius 2 is 1.80 bits per heavy atom. The van der Waals surface area contributed by atoms with Crippen LogP contribution in [0.15, 0.2) is 12.1 Å². The number of benzene rings is 1. The molecule has 1 fully saturated rings. The average molecular weight is 349 g/mol. The van der Waals surface area contributed by atoms with E-state index in [1.165, 1.54) is 14.2 Å². The highest BCUT2D eigenvalue weighted by atomic mass is 16.5. The number of nitrogens with zero attached hydrogens (tertiary/aromatic N) is 1. The lowest BCUT2D eigenvalue weighted by Crippen LogP contribution is -2.29. The molecule has 0 aromatic heterocycles. The van der Waals surface area contributed by atoms with Crippen molar-refractivity contribution in [2.24, 2.45) is 5.73 Å². The molecule has 1 atom stereocenters. The average Bonchev–Trinajstić information content (AvgIpc) is 3.13. The molecule has 7 heteroatoms. The van der Waals surface area contributed by atoms with E-state index in [1.807, 2.05) is 6.92 Å². The molecular formula is C18H27N3O4. The lowest BCUT2D eigenvalue weighted by atomic mass is 10.1. The van der Waals surface area contributed by atoms with Gasteiger partial charge in [-0.1, -0.05) is 0 Å². The number of nitrogens with two attached hydrogens (primary N) is 1. The van der Waals surface area contributed by atoms with E-state index in [2.05, 4.69) is 5.32 Å². The van der Waals surface area contributed by atoms with Gasteiger partial charge >= 0.3 is 0 Å². The molecule has 1 aliphatic heterocycles. The van der Waals surface area contributed by atoms with Crippen molar-refractivity contribution < 1.29 is 19.1 Å². The number of nitrogens with one attached hydrogen (secondary N) is 1. The normalized spacial score (nSPS) is 15.0. The fourth-order valence-electron chi connectivity index (χ4n) is 2.82. The van der Waals surface area contributed by atoms with E-state index >= 15 is 0 Å². The Labute approximate surface area is 148 Å². The van der Waals surface area contributed by atoms with Crippen LogP contribution in [0.5, 0.6) is 11.5 Å². The summed E-state index contributed by atoms with van der Waals surface area (Å²) >= 11 is 0. The molecular weight excluding hydrogens is 322 g/mol. The van der Waals surface area contributed by atoms with E-state index in [0.717, 1.165) is 25.9 Å². The molecule has 0 spiro atoms. The number of carbonyl (C=O) groups is 2. The van der Waals surface area contributed by atoms with Crippen LogP contribution in [0.3, 0.4) is 0 Å². The molecule has 0 radical (unpaired) electrons. The molecule has 1 aliphatic rings. The van der Waals surface area contributed by atoms with E-state index in [0.29, 0.717) is 35.6 Å². The highest BCUT2D eigenvalue weighted by molar-refractivity contribution is 6.04. The predicted octanol–water partition coefficient (Wildman–Crippen LogP) is 2.01. The van der Waals surface area contributed by atoms with Crippen LogP contribution in [0.2, 0.25) is 0 Å². The van der Waals surface area contributed by atoms with Gasteiger partial charge in [0.15, 0.2) is 11.5 Å². The van der Waals surface area contributed by atoms with Crippen molar-refractivity contribution in [1.82, 2.24) is 4.90 Å². The second-order valence-electron chi connectivity index (χ2n) is 6.32. The first-order chi connectivity index (χ1) is 12.0. The molecule has 0 aliphatic carbocycles. The summed E-state index contributed by atoms with van der Waals surface area (Å²) < 4.78 is 10.6. The minimum Gasteiger partial charge on any atom is -0.493 e. The van der Waals surface area contributed by atoms with Crippen LogP contribution < -0.4 is 20.5 Å². The Morgan fingerprint density at radius 3 is 2.36 bits per heavy atom. The number of ether oxygens (including phenoxy) is 2. The van der Waals surface area contributed by atoms with Gasteiger partial charge < -0.3 is 25.4 Å². The molecule has 2 rings (SSSR count). The first-order valence-electron chi connectivity index (χ1n) is 8.57. The summed E-state index contributed by atoms with van der Waals surface area (Å²) in [4.78, 5) is 26.8. The van der Waals surface area contributed by atoms with Gasteiger partial charge in [0.05, 0.1) is 25.5 Å². The van der Waals surface area contributed by atoms with E-state index in [4.69, 9.17) is 15.2 Å². The van der Waals surface area contributed by atoms with Gasteiger partial charge in [0.1, 0.15) is 0 Å². The van der Waals surface area contributed by atoms with Crippen LogP contribution in [0, 0.1) is 0 Å². The molecule has 138 valence electrons. The second-order valence-corrected chi connectivity index (χ2v) is 6.32. The summed E-state index contributed by atoms with van der Waals surface area (Å²) in [6.45, 7) is 3.31. The Morgan fingerprint density at radius 1 is 1.20 bits per heavy atom. The van der Waals surface area contributed by atoms with Crippen molar-refractivity contribution in [2.75, 3.05) is 32.6 Å². The summed E-state index contributed by atoms with van der Waals surface area (Å²) in [6.07, 6.45) is 2.86. The molecule has 7 nitrogen and oxygen atoms in total. The standard InChI is InChI=1S/C18H27N3O4/c1-12(19)6-7-17(22)20-14-11-16(25-3)15(24-2)10-13(14)18(23)21-8-4-5-9-21/h10-12H,4-9,19H2,1-3H3,(H,20,22). The summed E-state index contributed by atoms with van der Waals surface area (Å²) in [7, 11) is 3.03. The minimum atomic E-state index is -0.181. The van der Waals surface area contributed by atoms with Gasteiger partial charge in [-0.05, 0) is 32.3 Å². The van der Waals surface area contributed by atoms with Gasteiger partial charge in [-0.15, -0.1) is 0 Å². The molecule has 25 heavy (non-hydrogen) atoms. The Balaban J connectivity index is 2.30. The molecule has 0 saturated carbocycles. The van der Waals surface area contributed by atoms with Crippen LogP contribution >= 0.6 is 0 Å². The monoisotopic (exact) mass is 349 g/mol. The van der Waals surface area contributed by atoms with Crippen LogP contribution in [0.1, 0.15) is 43.0 Å². The number of carbonyl (C=O) groups excluding carboxylic acids is 2. The molecule has 1 aromatic rings. The first-order valence-corrected chi connectivity index (χ1v) is 8.57. The van der Waals surface area contributed by atoms with Crippen molar-refractivity contribution in [3.05, 3.63) is 17.7 Å². The third kappa shape index (κ3) is 4.85. The number of hydrogen-bond donors (Lipinski definition) is 2. The second kappa shape index (κ2) is 8.71. The lowest BCUT2D eigenvalue weighted by Gasteiger charge is -2.20. The van der Waals surface area contributed by atoms with Crippen molar-refractivity contribution in [3.8, 4) is 11.5 Å². The molecule has 1 heterocycles. The SMILES string of the molecule is COc1cc(NC(=O)CCC(C)N)c(C(=O)N2CCCC2)cc1OC. The number of amides is 2. The van der Waals surface area contributed by atoms with E-state index < -0.39 is 0 Å². The first kappa shape index (κ1) is 19.1. The maximum absolute atomic E-state index is 12.8. The number of likely N-dealkylation sites (tertiary alicyclic amines) is 1. The molecule has 1 unspecified atom stereocenters. The fraction of sp³-hybridized carbons (Fsp3) is 0.556. The zero-order valence-electron chi connectivity index (χ0n) is 15.1. The summed E-state index contributed by atoms with van der Waals surface area (Å²) in [5.41, 5.74) is 6.55. The summed E-state index contributed by atoms with van der Waals surface area (Å²) in [5, 5.41) is 2.82. The number of rotatable bonds is 7. The third-order valence-electron chi connectivity index (χ3n) is 4.25. The van der Waals surface area contributed by atoms with Gasteiger partial charge in [0, 0.05) is 31.6 Å². The third-order valence-corrected chi connectivity index (χ3v) is 4.25. The zero-order valence-corrected chi connectivity index (χ0v) is 15.1. The highest BCUT2D eigenvalue weighted by Crippen LogP contribution is 2.34. The van der Waals surface area contributed by atoms with Gasteiger partial charge in [0.2, 0.25) is 5.91 Å². The molecule has 1 saturated heterocycles. The summed E-state index contributed by atoms with van der Waals surface area (Å²) in [6, 6.07) is 3.20. The highest BCUT2D eigenvalue weighted by Gasteiger charge is 2.24. The minimum absolute atomic E-state index is 0.0538. The smallest absolute Gasteiger partial charge is 0.256 e. The van der Waals surface area contributed by atoms with Crippen LogP contribution in [0.25, 0.3) is 0 Å². The topological polar surface area (TPSA) is 93.9 Å². The molecule has 3 N–H and O–H groups in total. The number of anilines is 1. The maximum atomic E-state index is 12.8. The van der Waals surface area contributed by atoms with E-state index in [-0.39, 0.29) is 17.9 Å². The molecule has 1 aromatic carbocycles. The van der Waals surface area contributed by atoms with Crippen LogP contribution in [0.4, 0.5) is 5.69 Å². The maximum Gasteiger partial charge on any atom is 0.256 e. The molecule has 2 amide bonds.